The molecule has 1 radical (unpaired) electrons. The van der Waals surface area contributed by atoms with E-state index in [-0.39, 0.29) is 38.6 Å². The number of carboxylic acid groups (broad SMARTS) is 1. The second-order valence-electron chi connectivity index (χ2n) is 3.21. The molecule has 0 aromatic heterocycles. The minimum atomic E-state index is -0.823. The first kappa shape index (κ1) is 14.8. The molecule has 1 N–H and O–H groups in total. The molecule has 3 heteroatoms. The minimum absolute atomic E-state index is 0. The molecule has 2 nitrogen and oxygen atoms in total. The molecule has 2 unspecified atom stereocenters. The van der Waals surface area contributed by atoms with Crippen LogP contribution in [0.5, 0.6) is 0 Å². The summed E-state index contributed by atoms with van der Waals surface area (Å²) in [6.45, 7) is 5.64. The Balaban J connectivity index is 0.00000196. The Labute approximate surface area is 116 Å². The molecule has 2 atom stereocenters. The second-order valence-corrected chi connectivity index (χ2v) is 3.21. The number of carboxylic acids is 1. The van der Waals surface area contributed by atoms with Crippen molar-refractivity contribution in [3.8, 4) is 0 Å². The Morgan fingerprint density at radius 3 is 2.33 bits per heavy atom. The molecule has 0 heterocycles. The van der Waals surface area contributed by atoms with Gasteiger partial charge in [-0.3, -0.25) is 4.79 Å². The Morgan fingerprint density at radius 1 is 1.40 bits per heavy atom. The van der Waals surface area contributed by atoms with Crippen LogP contribution < -0.4 is 0 Å². The Kier molecular flexibility index (Phi) is 7.03. The fraction of sp³-hybridized carbons (Fsp3) is 0.250. The predicted octanol–water partition coefficient (Wildman–Crippen LogP) is 2.53. The van der Waals surface area contributed by atoms with E-state index in [0.717, 1.165) is 5.56 Å². The molecule has 15 heavy (non-hydrogen) atoms. The summed E-state index contributed by atoms with van der Waals surface area (Å²) in [6, 6.07) is 9.49. The van der Waals surface area contributed by atoms with E-state index in [2.05, 4.69) is 6.92 Å². The van der Waals surface area contributed by atoms with Crippen molar-refractivity contribution >= 4 is 5.97 Å². The van der Waals surface area contributed by atoms with E-state index >= 15 is 0 Å². The SMILES string of the molecule is [CH2-]C(c1ccccc1)C([CH-]C)C(=O)O.[Y]. The molecule has 0 spiro atoms. The zero-order valence-corrected chi connectivity index (χ0v) is 11.6. The topological polar surface area (TPSA) is 37.3 Å². The van der Waals surface area contributed by atoms with E-state index in [1.807, 2.05) is 30.3 Å². The fourth-order valence-corrected chi connectivity index (χ4v) is 1.45. The van der Waals surface area contributed by atoms with E-state index < -0.39 is 11.9 Å². The average Bonchev–Trinajstić information content (AvgIpc) is 2.19. The number of carbonyl (C=O) groups is 1. The molecule has 0 saturated heterocycles. The summed E-state index contributed by atoms with van der Waals surface area (Å²) in [5.41, 5.74) is 0.956. The van der Waals surface area contributed by atoms with E-state index in [0.29, 0.717) is 0 Å². The monoisotopic (exact) mass is 279 g/mol. The van der Waals surface area contributed by atoms with Gasteiger partial charge in [-0.25, -0.2) is 0 Å². The van der Waals surface area contributed by atoms with Crippen LogP contribution in [0.3, 0.4) is 0 Å². The molecule has 0 bridgehead atoms. The van der Waals surface area contributed by atoms with Crippen LogP contribution in [0, 0.1) is 19.3 Å². The van der Waals surface area contributed by atoms with Gasteiger partial charge in [-0.1, -0.05) is 41.8 Å². The predicted molar refractivity (Wildman–Crippen MR) is 55.6 cm³/mol. The van der Waals surface area contributed by atoms with Crippen molar-refractivity contribution in [1.82, 2.24) is 0 Å². The van der Waals surface area contributed by atoms with E-state index in [1.165, 1.54) is 0 Å². The van der Waals surface area contributed by atoms with Gasteiger partial charge in [0.05, 0.1) is 0 Å². The molecule has 0 aliphatic carbocycles. The fourth-order valence-electron chi connectivity index (χ4n) is 1.45. The van der Waals surface area contributed by atoms with E-state index in [4.69, 9.17) is 5.11 Å². The molecule has 0 aliphatic rings. The van der Waals surface area contributed by atoms with Gasteiger partial charge >= 0.3 is 0 Å². The van der Waals surface area contributed by atoms with Gasteiger partial charge in [0.1, 0.15) is 0 Å². The van der Waals surface area contributed by atoms with Crippen molar-refractivity contribution in [2.45, 2.75) is 12.8 Å². The second kappa shape index (κ2) is 7.13. The molecule has 0 saturated carbocycles. The first-order valence-electron chi connectivity index (χ1n) is 4.57. The number of hydrogen-bond donors (Lipinski definition) is 1. The van der Waals surface area contributed by atoms with Crippen molar-refractivity contribution in [3.05, 3.63) is 49.2 Å². The minimum Gasteiger partial charge on any atom is -0.483 e. The Hall–Kier alpha value is -0.206. The molecular weight excluding hydrogens is 265 g/mol. The van der Waals surface area contributed by atoms with Gasteiger partial charge in [0.15, 0.2) is 0 Å². The van der Waals surface area contributed by atoms with Crippen molar-refractivity contribution in [2.75, 3.05) is 0 Å². The van der Waals surface area contributed by atoms with Crippen molar-refractivity contribution in [2.24, 2.45) is 5.92 Å². The van der Waals surface area contributed by atoms with Crippen LogP contribution in [-0.2, 0) is 37.5 Å². The van der Waals surface area contributed by atoms with Crippen LogP contribution in [0.15, 0.2) is 30.3 Å². The van der Waals surface area contributed by atoms with Gasteiger partial charge in [0.25, 0.3) is 5.97 Å². The summed E-state index contributed by atoms with van der Waals surface area (Å²) in [4.78, 5) is 10.9. The smallest absolute Gasteiger partial charge is 0.274 e. The molecule has 79 valence electrons. The Morgan fingerprint density at radius 2 is 1.93 bits per heavy atom. The van der Waals surface area contributed by atoms with Crippen LogP contribution in [0.25, 0.3) is 0 Å². The summed E-state index contributed by atoms with van der Waals surface area (Å²) in [6.07, 6.45) is 1.67. The van der Waals surface area contributed by atoms with Gasteiger partial charge in [-0.15, -0.1) is 0 Å². The first-order chi connectivity index (χ1) is 6.66. The van der Waals surface area contributed by atoms with Gasteiger partial charge in [0.2, 0.25) is 0 Å². The number of benzene rings is 1. The molecule has 0 aliphatic heterocycles. The van der Waals surface area contributed by atoms with Gasteiger partial charge in [-0.2, -0.15) is 12.8 Å². The van der Waals surface area contributed by atoms with Crippen LogP contribution in [-0.4, -0.2) is 11.1 Å². The van der Waals surface area contributed by atoms with E-state index in [9.17, 15) is 4.79 Å². The molecule has 1 aromatic carbocycles. The van der Waals surface area contributed by atoms with E-state index in [1.54, 1.807) is 13.3 Å². The maximum Gasteiger partial charge on any atom is 0.274 e. The van der Waals surface area contributed by atoms with Gasteiger partial charge in [0, 0.05) is 32.7 Å². The largest absolute Gasteiger partial charge is 0.483 e. The number of aliphatic carboxylic acids is 1. The molecule has 1 rings (SSSR count). The quantitative estimate of drug-likeness (QED) is 0.860. The molecule has 0 amide bonds. The summed E-state index contributed by atoms with van der Waals surface area (Å²) in [7, 11) is 0. The van der Waals surface area contributed by atoms with Crippen molar-refractivity contribution < 1.29 is 42.6 Å². The maximum atomic E-state index is 10.9. The normalized spacial score (nSPS) is 13.7. The van der Waals surface area contributed by atoms with Crippen LogP contribution >= 0.6 is 0 Å². The summed E-state index contributed by atoms with van der Waals surface area (Å²) >= 11 is 0. The third kappa shape index (κ3) is 4.04. The zero-order valence-electron chi connectivity index (χ0n) is 8.76. The van der Waals surface area contributed by atoms with Crippen LogP contribution in [0.1, 0.15) is 18.4 Å². The zero-order chi connectivity index (χ0) is 10.6. The molecule has 0 fully saturated rings. The van der Waals surface area contributed by atoms with Crippen molar-refractivity contribution in [3.63, 3.8) is 0 Å². The van der Waals surface area contributed by atoms with Gasteiger partial charge in [-0.05, 0) is 0 Å². The summed E-state index contributed by atoms with van der Waals surface area (Å²) in [5.74, 6) is -1.56. The van der Waals surface area contributed by atoms with Gasteiger partial charge < -0.3 is 18.5 Å². The molecule has 1 aromatic rings. The first-order valence-corrected chi connectivity index (χ1v) is 4.57. The third-order valence-electron chi connectivity index (χ3n) is 2.31. The Bertz CT molecular complexity index is 298. The summed E-state index contributed by atoms with van der Waals surface area (Å²) in [5, 5.41) is 8.93. The number of rotatable bonds is 4. The van der Waals surface area contributed by atoms with Crippen LogP contribution in [0.2, 0.25) is 0 Å². The maximum absolute atomic E-state index is 10.9. The average molecular weight is 279 g/mol. The van der Waals surface area contributed by atoms with Crippen molar-refractivity contribution in [1.29, 1.82) is 0 Å². The number of hydrogen-bond acceptors (Lipinski definition) is 1. The third-order valence-corrected chi connectivity index (χ3v) is 2.31. The standard InChI is InChI=1S/C12H14O2.Y/c1-3-11(12(13)14)9(2)10-7-5-4-6-8-10;/h3-9,11H,2H2,1H3,(H,13,14);/q-2;. The summed E-state index contributed by atoms with van der Waals surface area (Å²) < 4.78 is 0. The molecular formula is C12H14O2Y-2. The van der Waals surface area contributed by atoms with Crippen LogP contribution in [0.4, 0.5) is 0 Å².